The van der Waals surface area contributed by atoms with Gasteiger partial charge in [0.2, 0.25) is 0 Å². The molecule has 1 heterocycles. The Labute approximate surface area is 125 Å². The van der Waals surface area contributed by atoms with Gasteiger partial charge in [-0.05, 0) is 55.8 Å². The molecule has 1 aliphatic rings. The van der Waals surface area contributed by atoms with Gasteiger partial charge >= 0.3 is 6.18 Å². The highest BCUT2D eigenvalue weighted by molar-refractivity contribution is 5.29. The molecule has 0 atom stereocenters. The molecule has 118 valence electrons. The summed E-state index contributed by atoms with van der Waals surface area (Å²) in [6, 6.07) is 5.93. The van der Waals surface area contributed by atoms with Crippen LogP contribution in [-0.4, -0.2) is 18.0 Å². The first-order valence-electron chi connectivity index (χ1n) is 7.73. The van der Waals surface area contributed by atoms with Crippen LogP contribution in [0.25, 0.3) is 0 Å². The van der Waals surface area contributed by atoms with E-state index in [9.17, 15) is 13.2 Å². The fourth-order valence-electron chi connectivity index (χ4n) is 3.22. The highest BCUT2D eigenvalue weighted by Gasteiger charge is 2.33. The predicted molar refractivity (Wildman–Crippen MR) is 78.9 cm³/mol. The zero-order valence-electron chi connectivity index (χ0n) is 12.8. The van der Waals surface area contributed by atoms with Crippen molar-refractivity contribution in [3.63, 3.8) is 0 Å². The second-order valence-corrected chi connectivity index (χ2v) is 6.50. The standard InChI is InChI=1S/C17H24F3N/c1-13(2)11-14-7-9-21(10-8-14)12-15-5-3-4-6-16(15)17(18,19)20/h3-6,13-14H,7-12H2,1-2H3. The Balaban J connectivity index is 1.95. The van der Waals surface area contributed by atoms with Gasteiger partial charge in [-0.25, -0.2) is 0 Å². The van der Waals surface area contributed by atoms with Crippen molar-refractivity contribution >= 4 is 0 Å². The lowest BCUT2D eigenvalue weighted by Gasteiger charge is -2.33. The smallest absolute Gasteiger partial charge is 0.299 e. The molecule has 1 saturated heterocycles. The van der Waals surface area contributed by atoms with Crippen LogP contribution in [0.15, 0.2) is 24.3 Å². The number of piperidine rings is 1. The van der Waals surface area contributed by atoms with E-state index in [0.717, 1.165) is 31.8 Å². The quantitative estimate of drug-likeness (QED) is 0.759. The van der Waals surface area contributed by atoms with Gasteiger partial charge in [0.25, 0.3) is 0 Å². The summed E-state index contributed by atoms with van der Waals surface area (Å²) in [5.41, 5.74) is -0.0957. The number of likely N-dealkylation sites (tertiary alicyclic amines) is 1. The van der Waals surface area contributed by atoms with Gasteiger partial charge in [0.05, 0.1) is 5.56 Å². The topological polar surface area (TPSA) is 3.24 Å². The predicted octanol–water partition coefficient (Wildman–Crippen LogP) is 4.96. The van der Waals surface area contributed by atoms with E-state index in [2.05, 4.69) is 18.7 Å². The average Bonchev–Trinajstić information content (AvgIpc) is 2.40. The molecule has 21 heavy (non-hydrogen) atoms. The molecule has 0 radical (unpaired) electrons. The van der Waals surface area contributed by atoms with E-state index in [1.54, 1.807) is 12.1 Å². The summed E-state index contributed by atoms with van der Waals surface area (Å²) in [5.74, 6) is 1.44. The third-order valence-corrected chi connectivity index (χ3v) is 4.23. The molecule has 1 aromatic rings. The Morgan fingerprint density at radius 2 is 1.76 bits per heavy atom. The van der Waals surface area contributed by atoms with Crippen LogP contribution >= 0.6 is 0 Å². The van der Waals surface area contributed by atoms with Crippen LogP contribution in [0, 0.1) is 11.8 Å². The number of halogens is 3. The van der Waals surface area contributed by atoms with E-state index in [1.807, 2.05) is 0 Å². The van der Waals surface area contributed by atoms with Gasteiger partial charge in [-0.3, -0.25) is 4.90 Å². The van der Waals surface area contributed by atoms with E-state index in [0.29, 0.717) is 18.0 Å². The molecule has 1 aromatic carbocycles. The van der Waals surface area contributed by atoms with E-state index < -0.39 is 11.7 Å². The van der Waals surface area contributed by atoms with Crippen molar-refractivity contribution in [1.29, 1.82) is 0 Å². The van der Waals surface area contributed by atoms with E-state index in [-0.39, 0.29) is 0 Å². The van der Waals surface area contributed by atoms with Gasteiger partial charge in [0.15, 0.2) is 0 Å². The monoisotopic (exact) mass is 299 g/mol. The zero-order chi connectivity index (χ0) is 15.5. The first-order valence-corrected chi connectivity index (χ1v) is 7.73. The van der Waals surface area contributed by atoms with E-state index in [4.69, 9.17) is 0 Å². The molecule has 0 bridgehead atoms. The number of rotatable bonds is 4. The fourth-order valence-corrected chi connectivity index (χ4v) is 3.22. The molecular weight excluding hydrogens is 275 g/mol. The number of alkyl halides is 3. The summed E-state index contributed by atoms with van der Waals surface area (Å²) in [5, 5.41) is 0. The Morgan fingerprint density at radius 3 is 2.33 bits per heavy atom. The van der Waals surface area contributed by atoms with Gasteiger partial charge < -0.3 is 0 Å². The SMILES string of the molecule is CC(C)CC1CCN(Cc2ccccc2C(F)(F)F)CC1. The molecule has 0 saturated carbocycles. The summed E-state index contributed by atoms with van der Waals surface area (Å²) >= 11 is 0. The Bertz CT molecular complexity index is 446. The maximum atomic E-state index is 13.0. The van der Waals surface area contributed by atoms with Gasteiger partial charge in [0.1, 0.15) is 0 Å². The van der Waals surface area contributed by atoms with Crippen LogP contribution in [0.3, 0.4) is 0 Å². The van der Waals surface area contributed by atoms with Crippen molar-refractivity contribution in [2.45, 2.75) is 45.8 Å². The minimum absolute atomic E-state index is 0.396. The number of hydrogen-bond acceptors (Lipinski definition) is 1. The largest absolute Gasteiger partial charge is 0.416 e. The number of benzene rings is 1. The minimum atomic E-state index is -4.26. The highest BCUT2D eigenvalue weighted by atomic mass is 19.4. The van der Waals surface area contributed by atoms with Crippen molar-refractivity contribution < 1.29 is 13.2 Å². The highest BCUT2D eigenvalue weighted by Crippen LogP contribution is 2.33. The molecule has 0 aromatic heterocycles. The fraction of sp³-hybridized carbons (Fsp3) is 0.647. The van der Waals surface area contributed by atoms with Gasteiger partial charge in [-0.2, -0.15) is 13.2 Å². The summed E-state index contributed by atoms with van der Waals surface area (Å²) in [6.07, 6.45) is -0.821. The van der Waals surface area contributed by atoms with Crippen LogP contribution < -0.4 is 0 Å². The minimum Gasteiger partial charge on any atom is -0.299 e. The normalized spacial score (nSPS) is 18.4. The molecule has 1 aliphatic heterocycles. The Hall–Kier alpha value is -1.03. The van der Waals surface area contributed by atoms with E-state index in [1.165, 1.54) is 18.6 Å². The molecule has 0 N–H and O–H groups in total. The van der Waals surface area contributed by atoms with Crippen LogP contribution in [0.2, 0.25) is 0 Å². The van der Waals surface area contributed by atoms with Crippen LogP contribution in [0.1, 0.15) is 44.2 Å². The Morgan fingerprint density at radius 1 is 1.14 bits per heavy atom. The zero-order valence-corrected chi connectivity index (χ0v) is 12.8. The van der Waals surface area contributed by atoms with Crippen LogP contribution in [-0.2, 0) is 12.7 Å². The maximum Gasteiger partial charge on any atom is 0.416 e. The molecule has 2 rings (SSSR count). The lowest BCUT2D eigenvalue weighted by atomic mass is 9.88. The first kappa shape index (κ1) is 16.3. The van der Waals surface area contributed by atoms with Gasteiger partial charge in [-0.1, -0.05) is 32.0 Å². The third kappa shape index (κ3) is 4.73. The summed E-state index contributed by atoms with van der Waals surface area (Å²) in [4.78, 5) is 2.15. The molecule has 0 unspecified atom stereocenters. The summed E-state index contributed by atoms with van der Waals surface area (Å²) in [6.45, 7) is 6.68. The van der Waals surface area contributed by atoms with Crippen molar-refractivity contribution in [2.75, 3.05) is 13.1 Å². The van der Waals surface area contributed by atoms with Crippen molar-refractivity contribution in [3.8, 4) is 0 Å². The van der Waals surface area contributed by atoms with Crippen molar-refractivity contribution in [2.24, 2.45) is 11.8 Å². The molecule has 4 heteroatoms. The van der Waals surface area contributed by atoms with E-state index >= 15 is 0 Å². The first-order chi connectivity index (χ1) is 9.86. The average molecular weight is 299 g/mol. The molecule has 0 spiro atoms. The molecule has 0 aliphatic carbocycles. The second-order valence-electron chi connectivity index (χ2n) is 6.50. The second kappa shape index (κ2) is 6.82. The van der Waals surface area contributed by atoms with Gasteiger partial charge in [-0.15, -0.1) is 0 Å². The Kier molecular flexibility index (Phi) is 5.31. The maximum absolute atomic E-state index is 13.0. The lowest BCUT2D eigenvalue weighted by Crippen LogP contribution is -2.34. The van der Waals surface area contributed by atoms with Crippen molar-refractivity contribution in [3.05, 3.63) is 35.4 Å². The summed E-state index contributed by atoms with van der Waals surface area (Å²) < 4.78 is 39.0. The molecular formula is C17H24F3N. The van der Waals surface area contributed by atoms with Crippen LogP contribution in [0.5, 0.6) is 0 Å². The number of nitrogens with zero attached hydrogens (tertiary/aromatic N) is 1. The van der Waals surface area contributed by atoms with Crippen LogP contribution in [0.4, 0.5) is 13.2 Å². The van der Waals surface area contributed by atoms with Crippen molar-refractivity contribution in [1.82, 2.24) is 4.90 Å². The third-order valence-electron chi connectivity index (χ3n) is 4.23. The number of hydrogen-bond donors (Lipinski definition) is 0. The molecule has 0 amide bonds. The molecule has 1 nitrogen and oxygen atoms in total. The lowest BCUT2D eigenvalue weighted by molar-refractivity contribution is -0.138. The van der Waals surface area contributed by atoms with Gasteiger partial charge in [0, 0.05) is 6.54 Å². The molecule has 1 fully saturated rings. The summed E-state index contributed by atoms with van der Waals surface area (Å²) in [7, 11) is 0.